The summed E-state index contributed by atoms with van der Waals surface area (Å²) in [4.78, 5) is 0. The van der Waals surface area contributed by atoms with E-state index in [-0.39, 0.29) is 17.5 Å². The molecule has 0 saturated heterocycles. The number of fused-ring (bicyclic) bond motifs is 1. The van der Waals surface area contributed by atoms with Crippen molar-refractivity contribution in [1.82, 2.24) is 0 Å². The van der Waals surface area contributed by atoms with Gasteiger partial charge in [-0.05, 0) is 47.3 Å². The lowest BCUT2D eigenvalue weighted by atomic mass is 9.97. The Morgan fingerprint density at radius 2 is 1.27 bits per heavy atom. The van der Waals surface area contributed by atoms with Crippen molar-refractivity contribution in [2.24, 2.45) is 0 Å². The summed E-state index contributed by atoms with van der Waals surface area (Å²) >= 11 is 0. The highest BCUT2D eigenvalue weighted by Gasteiger charge is 2.42. The van der Waals surface area contributed by atoms with Crippen LogP contribution in [0.1, 0.15) is 16.7 Å². The van der Waals surface area contributed by atoms with Crippen molar-refractivity contribution in [1.29, 1.82) is 0 Å². The molecule has 0 N–H and O–H groups in total. The van der Waals surface area contributed by atoms with Gasteiger partial charge in [0.1, 0.15) is 57.5 Å². The number of benzene rings is 5. The van der Waals surface area contributed by atoms with E-state index in [2.05, 4.69) is 16.6 Å². The van der Waals surface area contributed by atoms with Gasteiger partial charge < -0.3 is 9.47 Å². The third kappa shape index (κ3) is 5.83. The number of alkyl halides is 2. The number of hydrogen-bond acceptors (Lipinski definition) is 2. The number of methoxy groups -OCH3 is 1. The van der Waals surface area contributed by atoms with Crippen molar-refractivity contribution in [3.63, 3.8) is 0 Å². The Hall–Kier alpha value is -5.25. The SMILES string of the molecule is COc1cc(OC(F)(F)c2c(F)cc(-c3c(F)cc4cccc(F)c4c3F)cc2F)cc(F)c1C#Cc1cc(F)c(F)c(F)c1. The van der Waals surface area contributed by atoms with E-state index in [1.165, 1.54) is 12.1 Å². The summed E-state index contributed by atoms with van der Waals surface area (Å²) in [5.41, 5.74) is -5.00. The first kappa shape index (κ1) is 31.2. The highest BCUT2D eigenvalue weighted by molar-refractivity contribution is 5.89. The van der Waals surface area contributed by atoms with Crippen LogP contribution in [0, 0.1) is 64.2 Å². The van der Waals surface area contributed by atoms with Gasteiger partial charge >= 0.3 is 6.11 Å². The fraction of sp³-hybridized carbons (Fsp3) is 0.0625. The van der Waals surface area contributed by atoms with E-state index in [0.717, 1.165) is 13.2 Å². The second-order valence-corrected chi connectivity index (χ2v) is 9.31. The molecular formula is C32H13F11O2. The van der Waals surface area contributed by atoms with Crippen LogP contribution in [0.2, 0.25) is 0 Å². The van der Waals surface area contributed by atoms with Crippen LogP contribution in [0.15, 0.2) is 60.7 Å². The molecule has 0 atom stereocenters. The molecule has 13 heteroatoms. The maximum absolute atomic E-state index is 15.1. The van der Waals surface area contributed by atoms with Gasteiger partial charge in [-0.15, -0.1) is 0 Å². The van der Waals surface area contributed by atoms with Gasteiger partial charge in [0.25, 0.3) is 0 Å². The van der Waals surface area contributed by atoms with Crippen LogP contribution in [0.3, 0.4) is 0 Å². The van der Waals surface area contributed by atoms with Crippen LogP contribution in [-0.2, 0) is 6.11 Å². The fourth-order valence-electron chi connectivity index (χ4n) is 4.45. The van der Waals surface area contributed by atoms with Gasteiger partial charge in [-0.25, -0.2) is 39.5 Å². The first-order valence-electron chi connectivity index (χ1n) is 12.4. The number of hydrogen-bond donors (Lipinski definition) is 0. The minimum Gasteiger partial charge on any atom is -0.495 e. The Labute approximate surface area is 246 Å². The molecule has 45 heavy (non-hydrogen) atoms. The molecule has 0 saturated carbocycles. The Kier molecular flexibility index (Phi) is 8.10. The third-order valence-electron chi connectivity index (χ3n) is 6.44. The first-order valence-corrected chi connectivity index (χ1v) is 12.4. The van der Waals surface area contributed by atoms with Crippen molar-refractivity contribution in [2.45, 2.75) is 6.11 Å². The maximum atomic E-state index is 15.1. The van der Waals surface area contributed by atoms with Gasteiger partial charge in [0.05, 0.1) is 18.1 Å². The minimum atomic E-state index is -4.85. The number of rotatable bonds is 5. The molecule has 0 unspecified atom stereocenters. The summed E-state index contributed by atoms with van der Waals surface area (Å²) in [7, 11) is 0.966. The van der Waals surface area contributed by atoms with Crippen LogP contribution >= 0.6 is 0 Å². The Bertz CT molecular complexity index is 2020. The highest BCUT2D eigenvalue weighted by Crippen LogP contribution is 2.40. The summed E-state index contributed by atoms with van der Waals surface area (Å²) in [6.45, 7) is 0. The monoisotopic (exact) mass is 638 g/mol. The van der Waals surface area contributed by atoms with Crippen molar-refractivity contribution in [3.8, 4) is 34.5 Å². The maximum Gasteiger partial charge on any atom is 0.432 e. The van der Waals surface area contributed by atoms with Crippen LogP contribution < -0.4 is 9.47 Å². The second-order valence-electron chi connectivity index (χ2n) is 9.31. The molecule has 2 nitrogen and oxygen atoms in total. The zero-order valence-electron chi connectivity index (χ0n) is 22.2. The predicted octanol–water partition coefficient (Wildman–Crippen LogP) is 9.30. The smallest absolute Gasteiger partial charge is 0.432 e. The lowest BCUT2D eigenvalue weighted by molar-refractivity contribution is -0.189. The molecule has 0 bridgehead atoms. The predicted molar refractivity (Wildman–Crippen MR) is 139 cm³/mol. The molecule has 5 aromatic carbocycles. The molecule has 0 aliphatic heterocycles. The Balaban J connectivity index is 1.50. The molecule has 0 aliphatic carbocycles. The molecule has 0 radical (unpaired) electrons. The van der Waals surface area contributed by atoms with Gasteiger partial charge in [0.2, 0.25) is 0 Å². The van der Waals surface area contributed by atoms with Gasteiger partial charge in [0, 0.05) is 17.7 Å². The van der Waals surface area contributed by atoms with Gasteiger partial charge in [-0.1, -0.05) is 24.0 Å². The van der Waals surface area contributed by atoms with E-state index in [4.69, 9.17) is 4.74 Å². The molecule has 0 aromatic heterocycles. The van der Waals surface area contributed by atoms with Crippen molar-refractivity contribution in [3.05, 3.63) is 130 Å². The van der Waals surface area contributed by atoms with E-state index in [1.807, 2.05) is 0 Å². The van der Waals surface area contributed by atoms with Gasteiger partial charge in [-0.3, -0.25) is 0 Å². The first-order chi connectivity index (χ1) is 21.2. The van der Waals surface area contributed by atoms with Crippen molar-refractivity contribution >= 4 is 10.8 Å². The van der Waals surface area contributed by atoms with Crippen LogP contribution in [0.25, 0.3) is 21.9 Å². The Morgan fingerprint density at radius 3 is 1.89 bits per heavy atom. The number of halogens is 11. The van der Waals surface area contributed by atoms with Crippen LogP contribution in [0.4, 0.5) is 48.3 Å². The average Bonchev–Trinajstić information content (AvgIpc) is 2.94. The molecule has 0 fully saturated rings. The molecular weight excluding hydrogens is 625 g/mol. The molecule has 0 amide bonds. The summed E-state index contributed by atoms with van der Waals surface area (Å²) in [5.74, 6) is -11.6. The zero-order chi connectivity index (χ0) is 32.8. The lowest BCUT2D eigenvalue weighted by Crippen LogP contribution is -2.25. The molecule has 0 heterocycles. The molecule has 5 rings (SSSR count). The van der Waals surface area contributed by atoms with Crippen molar-refractivity contribution in [2.75, 3.05) is 7.11 Å². The minimum absolute atomic E-state index is 0.185. The van der Waals surface area contributed by atoms with Crippen LogP contribution in [0.5, 0.6) is 11.5 Å². The van der Waals surface area contributed by atoms with E-state index in [9.17, 15) is 35.1 Å². The normalized spacial score (nSPS) is 11.4. The van der Waals surface area contributed by atoms with E-state index < -0.39 is 103 Å². The lowest BCUT2D eigenvalue weighted by Gasteiger charge is -2.21. The number of ether oxygens (including phenoxy) is 2. The summed E-state index contributed by atoms with van der Waals surface area (Å²) in [6, 6.07) is 6.32. The van der Waals surface area contributed by atoms with E-state index >= 15 is 13.2 Å². The third-order valence-corrected chi connectivity index (χ3v) is 6.44. The van der Waals surface area contributed by atoms with Crippen LogP contribution in [-0.4, -0.2) is 7.11 Å². The standard InChI is InChI=1S/C32H13F11O2/c1-44-26-13-17(12-20(34)18(26)6-5-14-7-24(38)30(40)25(39)8-14)45-32(42,43)29-22(36)10-16(11-23(29)37)28-21(35)9-15-3-2-4-19(33)27(15)31(28)41/h2-4,7-13H,1H3. The molecule has 5 aromatic rings. The summed E-state index contributed by atoms with van der Waals surface area (Å²) in [5, 5.41) is -0.905. The Morgan fingerprint density at radius 1 is 0.622 bits per heavy atom. The molecule has 0 spiro atoms. The largest absolute Gasteiger partial charge is 0.495 e. The molecule has 0 aliphatic rings. The topological polar surface area (TPSA) is 18.5 Å². The summed E-state index contributed by atoms with van der Waals surface area (Å²) in [6.07, 6.45) is -4.85. The highest BCUT2D eigenvalue weighted by atomic mass is 19.3. The van der Waals surface area contributed by atoms with E-state index in [1.54, 1.807) is 0 Å². The van der Waals surface area contributed by atoms with Gasteiger partial charge in [0.15, 0.2) is 17.5 Å². The van der Waals surface area contributed by atoms with Gasteiger partial charge in [-0.2, -0.15) is 8.78 Å². The fourth-order valence-corrected chi connectivity index (χ4v) is 4.45. The van der Waals surface area contributed by atoms with Crippen molar-refractivity contribution < 1.29 is 57.8 Å². The van der Waals surface area contributed by atoms with E-state index in [0.29, 0.717) is 30.3 Å². The summed E-state index contributed by atoms with van der Waals surface area (Å²) < 4.78 is 168. The average molecular weight is 638 g/mol. The second kappa shape index (κ2) is 11.7. The quantitative estimate of drug-likeness (QED) is 0.109. The zero-order valence-corrected chi connectivity index (χ0v) is 22.2. The molecule has 230 valence electrons.